The van der Waals surface area contributed by atoms with E-state index in [2.05, 4.69) is 20.3 Å². The highest BCUT2D eigenvalue weighted by Gasteiger charge is 1.95. The lowest BCUT2D eigenvalue weighted by Crippen LogP contribution is -1.84. The zero-order valence-corrected chi connectivity index (χ0v) is 17.8. The van der Waals surface area contributed by atoms with Crippen LogP contribution in [0.5, 0.6) is 0 Å². The summed E-state index contributed by atoms with van der Waals surface area (Å²) >= 11 is 0. The molecule has 0 nitrogen and oxygen atoms in total. The van der Waals surface area contributed by atoms with Crippen molar-refractivity contribution < 1.29 is 0 Å². The van der Waals surface area contributed by atoms with Crippen molar-refractivity contribution in [3.05, 3.63) is 13.3 Å². The van der Waals surface area contributed by atoms with Crippen molar-refractivity contribution in [3.8, 4) is 0 Å². The third-order valence-corrected chi connectivity index (χ3v) is 5.42. The standard InChI is InChI=1S/C25H50/c1-3-5-7-9-11-13-15-17-19-21-23-25-24-22-20-18-16-14-12-10-8-6-4-2/h9H,1,3-8,10-25H2,2H3. The van der Waals surface area contributed by atoms with Gasteiger partial charge in [0, 0.05) is 0 Å². The van der Waals surface area contributed by atoms with Crippen LogP contribution in [0.15, 0.2) is 0 Å². The van der Waals surface area contributed by atoms with E-state index in [1.807, 2.05) is 0 Å². The normalized spacial score (nSPS) is 11.3. The molecule has 0 heterocycles. The smallest absolute Gasteiger partial charge is 0.0386 e. The van der Waals surface area contributed by atoms with Gasteiger partial charge in [-0.25, -0.2) is 0 Å². The maximum atomic E-state index is 3.89. The molecule has 0 aromatic carbocycles. The van der Waals surface area contributed by atoms with E-state index in [0.717, 1.165) is 6.42 Å². The maximum Gasteiger partial charge on any atom is -0.0386 e. The third-order valence-electron chi connectivity index (χ3n) is 5.42. The van der Waals surface area contributed by atoms with Gasteiger partial charge in [-0.15, -0.1) is 0 Å². The highest BCUT2D eigenvalue weighted by atomic mass is 14.0. The first-order valence-corrected chi connectivity index (χ1v) is 12.0. The molecule has 0 rings (SSSR count). The zero-order valence-electron chi connectivity index (χ0n) is 17.8. The maximum absolute atomic E-state index is 3.89. The Morgan fingerprint density at radius 1 is 0.440 bits per heavy atom. The van der Waals surface area contributed by atoms with Crippen LogP contribution < -0.4 is 0 Å². The zero-order chi connectivity index (χ0) is 18.3. The Balaban J connectivity index is 2.94. The predicted molar refractivity (Wildman–Crippen MR) is 117 cm³/mol. The Morgan fingerprint density at radius 3 is 1.12 bits per heavy atom. The van der Waals surface area contributed by atoms with Crippen LogP contribution in [-0.2, 0) is 0 Å². The van der Waals surface area contributed by atoms with E-state index in [1.54, 1.807) is 0 Å². The van der Waals surface area contributed by atoms with Crippen molar-refractivity contribution >= 4 is 0 Å². The van der Waals surface area contributed by atoms with Gasteiger partial charge in [-0.2, -0.15) is 0 Å². The van der Waals surface area contributed by atoms with Crippen molar-refractivity contribution in [2.24, 2.45) is 0 Å². The van der Waals surface area contributed by atoms with Crippen LogP contribution in [0.3, 0.4) is 0 Å². The Labute approximate surface area is 161 Å². The van der Waals surface area contributed by atoms with Crippen molar-refractivity contribution in [3.63, 3.8) is 0 Å². The number of rotatable bonds is 22. The molecule has 2 radical (unpaired) electrons. The molecule has 0 amide bonds. The lowest BCUT2D eigenvalue weighted by molar-refractivity contribution is 0.524. The van der Waals surface area contributed by atoms with Crippen LogP contribution in [0.1, 0.15) is 148 Å². The summed E-state index contributed by atoms with van der Waals surface area (Å²) < 4.78 is 0. The summed E-state index contributed by atoms with van der Waals surface area (Å²) in [6.45, 7) is 6.19. The lowest BCUT2D eigenvalue weighted by Gasteiger charge is -2.04. The van der Waals surface area contributed by atoms with Gasteiger partial charge >= 0.3 is 0 Å². The molecule has 0 aliphatic heterocycles. The molecule has 0 saturated carbocycles. The van der Waals surface area contributed by atoms with E-state index in [-0.39, 0.29) is 0 Å². The third kappa shape index (κ3) is 24.0. The molecule has 0 saturated heterocycles. The molecule has 0 aromatic heterocycles. The van der Waals surface area contributed by atoms with Gasteiger partial charge in [0.05, 0.1) is 0 Å². The second-order valence-corrected chi connectivity index (χ2v) is 8.08. The molecule has 0 aliphatic rings. The van der Waals surface area contributed by atoms with Crippen molar-refractivity contribution in [1.82, 2.24) is 0 Å². The minimum Gasteiger partial charge on any atom is -0.0654 e. The molecule has 150 valence electrons. The van der Waals surface area contributed by atoms with Gasteiger partial charge in [-0.1, -0.05) is 155 Å². The van der Waals surface area contributed by atoms with Gasteiger partial charge in [0.25, 0.3) is 0 Å². The summed E-state index contributed by atoms with van der Waals surface area (Å²) in [6.07, 6.45) is 33.8. The quantitative estimate of drug-likeness (QED) is 0.170. The van der Waals surface area contributed by atoms with Gasteiger partial charge in [0.1, 0.15) is 0 Å². The monoisotopic (exact) mass is 350 g/mol. The average Bonchev–Trinajstić information content (AvgIpc) is 2.63. The molecule has 0 heteroatoms. The summed E-state index contributed by atoms with van der Waals surface area (Å²) in [6, 6.07) is 0. The summed E-state index contributed by atoms with van der Waals surface area (Å²) in [5.74, 6) is 0. The second-order valence-electron chi connectivity index (χ2n) is 8.08. The molecule has 0 fully saturated rings. The van der Waals surface area contributed by atoms with Crippen molar-refractivity contribution in [1.29, 1.82) is 0 Å². The molecule has 0 aromatic rings. The Bertz CT molecular complexity index is 186. The molecule has 0 atom stereocenters. The van der Waals surface area contributed by atoms with Crippen LogP contribution in [0.4, 0.5) is 0 Å². The van der Waals surface area contributed by atoms with Crippen LogP contribution >= 0.6 is 0 Å². The van der Waals surface area contributed by atoms with Gasteiger partial charge in [-0.3, -0.25) is 0 Å². The first kappa shape index (κ1) is 25.0. The van der Waals surface area contributed by atoms with E-state index in [4.69, 9.17) is 0 Å². The van der Waals surface area contributed by atoms with Gasteiger partial charge < -0.3 is 0 Å². The molecule has 0 spiro atoms. The fourth-order valence-electron chi connectivity index (χ4n) is 3.62. The van der Waals surface area contributed by atoms with Gasteiger partial charge in [0.2, 0.25) is 0 Å². The van der Waals surface area contributed by atoms with E-state index in [9.17, 15) is 0 Å². The fourth-order valence-corrected chi connectivity index (χ4v) is 3.62. The molecular weight excluding hydrogens is 300 g/mol. The molecule has 0 bridgehead atoms. The second kappa shape index (κ2) is 24.0. The molecule has 0 N–H and O–H groups in total. The lowest BCUT2D eigenvalue weighted by atomic mass is 10.0. The minimum absolute atomic E-state index is 1.09. The van der Waals surface area contributed by atoms with Crippen LogP contribution in [0, 0.1) is 13.3 Å². The van der Waals surface area contributed by atoms with E-state index < -0.39 is 0 Å². The topological polar surface area (TPSA) is 0 Å². The molecule has 0 aliphatic carbocycles. The van der Waals surface area contributed by atoms with E-state index >= 15 is 0 Å². The molecule has 0 unspecified atom stereocenters. The van der Waals surface area contributed by atoms with Gasteiger partial charge in [0.15, 0.2) is 0 Å². The van der Waals surface area contributed by atoms with Crippen LogP contribution in [0.25, 0.3) is 0 Å². The number of hydrogen-bond donors (Lipinski definition) is 0. The van der Waals surface area contributed by atoms with Crippen molar-refractivity contribution in [2.75, 3.05) is 0 Å². The van der Waals surface area contributed by atoms with Gasteiger partial charge in [-0.05, 0) is 6.42 Å². The van der Waals surface area contributed by atoms with Crippen molar-refractivity contribution in [2.45, 2.75) is 148 Å². The fraction of sp³-hybridized carbons (Fsp3) is 0.920. The number of unbranched alkanes of at least 4 members (excludes halogenated alkanes) is 22. The Hall–Kier alpha value is 0. The van der Waals surface area contributed by atoms with E-state index in [0.29, 0.717) is 0 Å². The summed E-state index contributed by atoms with van der Waals surface area (Å²) in [4.78, 5) is 0. The summed E-state index contributed by atoms with van der Waals surface area (Å²) in [5.41, 5.74) is 0. The number of hydrogen-bond acceptors (Lipinski definition) is 0. The first-order valence-electron chi connectivity index (χ1n) is 12.0. The molecular formula is C25H50. The SMILES string of the molecule is [CH2]CCC[CH]CCCCCCCCCCCCCCCCCCCC. The largest absolute Gasteiger partial charge is 0.0654 e. The Morgan fingerprint density at radius 2 is 0.760 bits per heavy atom. The highest BCUT2D eigenvalue weighted by Crippen LogP contribution is 2.15. The molecule has 25 heavy (non-hydrogen) atoms. The highest BCUT2D eigenvalue weighted by molar-refractivity contribution is 4.64. The van der Waals surface area contributed by atoms with Crippen LogP contribution in [-0.4, -0.2) is 0 Å². The first-order chi connectivity index (χ1) is 12.4. The summed E-state index contributed by atoms with van der Waals surface area (Å²) in [7, 11) is 0. The Kier molecular flexibility index (Phi) is 24.0. The van der Waals surface area contributed by atoms with Crippen LogP contribution in [0.2, 0.25) is 0 Å². The predicted octanol–water partition coefficient (Wildman–Crippen LogP) is 9.63. The van der Waals surface area contributed by atoms with E-state index in [1.165, 1.54) is 135 Å². The average molecular weight is 351 g/mol. The minimum atomic E-state index is 1.09. The summed E-state index contributed by atoms with van der Waals surface area (Å²) in [5, 5.41) is 0.